The summed E-state index contributed by atoms with van der Waals surface area (Å²) in [4.78, 5) is 23.6. The fourth-order valence-corrected chi connectivity index (χ4v) is 3.64. The van der Waals surface area contributed by atoms with Crippen LogP contribution in [0.15, 0.2) is 48.0 Å². The van der Waals surface area contributed by atoms with Gasteiger partial charge in [-0.1, -0.05) is 24.3 Å². The molecule has 186 valence electrons. The Hall–Kier alpha value is -4.43. The summed E-state index contributed by atoms with van der Waals surface area (Å²) in [6, 6.07) is 14.0. The molecule has 0 bridgehead atoms. The number of carbonyl (C=O) groups excluding carboxylic acids is 2. The van der Waals surface area contributed by atoms with Crippen molar-refractivity contribution in [3.05, 3.63) is 58.6 Å². The molecule has 0 saturated carbocycles. The van der Waals surface area contributed by atoms with E-state index in [1.54, 1.807) is 42.5 Å². The summed E-state index contributed by atoms with van der Waals surface area (Å²) in [5.74, 6) is 0.860. The molecular formula is C25H25N5O5S. The van der Waals surface area contributed by atoms with E-state index in [-0.39, 0.29) is 24.7 Å². The number of nitriles is 1. The van der Waals surface area contributed by atoms with Gasteiger partial charge in [-0.2, -0.15) is 5.26 Å². The zero-order chi connectivity index (χ0) is 25.9. The second-order valence-electron chi connectivity index (χ2n) is 7.29. The first-order valence-electron chi connectivity index (χ1n) is 11.0. The third kappa shape index (κ3) is 7.54. The zero-order valence-corrected chi connectivity index (χ0v) is 20.8. The van der Waals surface area contributed by atoms with Crippen LogP contribution in [0, 0.1) is 11.3 Å². The Kier molecular flexibility index (Phi) is 9.36. The Morgan fingerprint density at radius 2 is 1.81 bits per heavy atom. The van der Waals surface area contributed by atoms with Crippen LogP contribution in [-0.2, 0) is 16.0 Å². The van der Waals surface area contributed by atoms with Crippen LogP contribution in [0.3, 0.4) is 0 Å². The molecular weight excluding hydrogens is 482 g/mol. The van der Waals surface area contributed by atoms with Gasteiger partial charge in [0.2, 0.25) is 11.0 Å². The van der Waals surface area contributed by atoms with Crippen LogP contribution in [0.4, 0.5) is 10.8 Å². The highest BCUT2D eigenvalue weighted by Gasteiger charge is 2.13. The number of anilines is 2. The highest BCUT2D eigenvalue weighted by molar-refractivity contribution is 7.15. The SMILES string of the molecule is CCc1nnc(NC(=O)/C(C#N)=C\c2ccc(OCCOc3ccc(NC(C)=O)cc3)c(OC)c2)s1. The first-order valence-corrected chi connectivity index (χ1v) is 11.8. The summed E-state index contributed by atoms with van der Waals surface area (Å²) in [7, 11) is 1.50. The van der Waals surface area contributed by atoms with Crippen molar-refractivity contribution in [1.29, 1.82) is 5.26 Å². The smallest absolute Gasteiger partial charge is 0.268 e. The fourth-order valence-electron chi connectivity index (χ4n) is 2.97. The van der Waals surface area contributed by atoms with E-state index in [0.29, 0.717) is 40.1 Å². The van der Waals surface area contributed by atoms with Crippen molar-refractivity contribution in [1.82, 2.24) is 10.2 Å². The number of hydrogen-bond acceptors (Lipinski definition) is 9. The van der Waals surface area contributed by atoms with Gasteiger partial charge < -0.3 is 19.5 Å². The van der Waals surface area contributed by atoms with Gasteiger partial charge in [-0.15, -0.1) is 10.2 Å². The molecule has 0 aliphatic heterocycles. The molecule has 36 heavy (non-hydrogen) atoms. The summed E-state index contributed by atoms with van der Waals surface area (Å²) < 4.78 is 16.8. The zero-order valence-electron chi connectivity index (χ0n) is 20.0. The molecule has 0 spiro atoms. The lowest BCUT2D eigenvalue weighted by molar-refractivity contribution is -0.114. The molecule has 1 heterocycles. The first-order chi connectivity index (χ1) is 17.4. The largest absolute Gasteiger partial charge is 0.493 e. The van der Waals surface area contributed by atoms with Crippen molar-refractivity contribution in [3.8, 4) is 23.3 Å². The minimum absolute atomic E-state index is 0.0862. The van der Waals surface area contributed by atoms with Crippen molar-refractivity contribution in [2.45, 2.75) is 20.3 Å². The molecule has 0 atom stereocenters. The maximum absolute atomic E-state index is 12.5. The maximum Gasteiger partial charge on any atom is 0.268 e. The molecule has 11 heteroatoms. The Morgan fingerprint density at radius 1 is 1.06 bits per heavy atom. The predicted octanol–water partition coefficient (Wildman–Crippen LogP) is 4.07. The Balaban J connectivity index is 1.57. The highest BCUT2D eigenvalue weighted by Crippen LogP contribution is 2.29. The minimum atomic E-state index is -0.571. The lowest BCUT2D eigenvalue weighted by Crippen LogP contribution is -2.13. The van der Waals surface area contributed by atoms with E-state index in [1.165, 1.54) is 31.4 Å². The van der Waals surface area contributed by atoms with Gasteiger partial charge in [0.15, 0.2) is 11.5 Å². The van der Waals surface area contributed by atoms with E-state index in [1.807, 2.05) is 13.0 Å². The Bertz CT molecular complexity index is 1280. The quantitative estimate of drug-likeness (QED) is 0.225. The van der Waals surface area contributed by atoms with Gasteiger partial charge >= 0.3 is 0 Å². The van der Waals surface area contributed by atoms with E-state index in [2.05, 4.69) is 20.8 Å². The van der Waals surface area contributed by atoms with Gasteiger partial charge in [0.25, 0.3) is 5.91 Å². The Morgan fingerprint density at radius 3 is 2.44 bits per heavy atom. The van der Waals surface area contributed by atoms with Crippen LogP contribution in [0.25, 0.3) is 6.08 Å². The average Bonchev–Trinajstić information content (AvgIpc) is 3.33. The third-order valence-corrected chi connectivity index (χ3v) is 5.62. The number of rotatable bonds is 11. The number of benzene rings is 2. The van der Waals surface area contributed by atoms with Crippen LogP contribution in [0.5, 0.6) is 17.2 Å². The topological polar surface area (TPSA) is 135 Å². The molecule has 0 fully saturated rings. The van der Waals surface area contributed by atoms with E-state index >= 15 is 0 Å². The van der Waals surface area contributed by atoms with Gasteiger partial charge in [0.1, 0.15) is 35.6 Å². The standard InChI is InChI=1S/C25H25N5O5S/c1-4-23-29-30-25(36-23)28-24(32)18(15-26)13-17-5-10-21(22(14-17)33-3)35-12-11-34-20-8-6-19(7-9-20)27-16(2)31/h5-10,13-14H,4,11-12H2,1-3H3,(H,27,31)(H,28,30,32)/b18-13-. The van der Waals surface area contributed by atoms with Crippen LogP contribution < -0.4 is 24.8 Å². The van der Waals surface area contributed by atoms with Gasteiger partial charge in [-0.25, -0.2) is 0 Å². The molecule has 0 aliphatic rings. The monoisotopic (exact) mass is 507 g/mol. The molecule has 3 aromatic rings. The minimum Gasteiger partial charge on any atom is -0.493 e. The second-order valence-corrected chi connectivity index (χ2v) is 8.35. The summed E-state index contributed by atoms with van der Waals surface area (Å²) in [5.41, 5.74) is 1.19. The van der Waals surface area contributed by atoms with Crippen molar-refractivity contribution >= 4 is 40.0 Å². The fraction of sp³-hybridized carbons (Fsp3) is 0.240. The van der Waals surface area contributed by atoms with E-state index in [9.17, 15) is 14.9 Å². The molecule has 1 aromatic heterocycles. The number of methoxy groups -OCH3 is 1. The summed E-state index contributed by atoms with van der Waals surface area (Å²) >= 11 is 1.26. The van der Waals surface area contributed by atoms with Gasteiger partial charge in [-0.05, 0) is 54.5 Å². The van der Waals surface area contributed by atoms with Gasteiger partial charge in [0, 0.05) is 12.6 Å². The van der Waals surface area contributed by atoms with E-state index in [4.69, 9.17) is 14.2 Å². The van der Waals surface area contributed by atoms with E-state index < -0.39 is 5.91 Å². The van der Waals surface area contributed by atoms with Crippen molar-refractivity contribution in [2.75, 3.05) is 31.0 Å². The molecule has 3 rings (SSSR count). The number of nitrogens with one attached hydrogen (secondary N) is 2. The number of aryl methyl sites for hydroxylation is 1. The molecule has 0 saturated heterocycles. The van der Waals surface area contributed by atoms with Crippen LogP contribution in [-0.4, -0.2) is 42.3 Å². The highest BCUT2D eigenvalue weighted by atomic mass is 32.1. The van der Waals surface area contributed by atoms with E-state index in [0.717, 1.165) is 5.01 Å². The summed E-state index contributed by atoms with van der Waals surface area (Å²) in [6.07, 6.45) is 2.17. The summed E-state index contributed by atoms with van der Waals surface area (Å²) in [5, 5.41) is 23.7. The molecule has 2 aromatic carbocycles. The number of aromatic nitrogens is 2. The molecule has 0 radical (unpaired) electrons. The van der Waals surface area contributed by atoms with Crippen LogP contribution >= 0.6 is 11.3 Å². The number of nitrogens with zero attached hydrogens (tertiary/aromatic N) is 3. The van der Waals surface area contributed by atoms with Crippen molar-refractivity contribution < 1.29 is 23.8 Å². The predicted molar refractivity (Wildman–Crippen MR) is 136 cm³/mol. The molecule has 0 aliphatic carbocycles. The second kappa shape index (κ2) is 12.9. The van der Waals surface area contributed by atoms with Crippen LogP contribution in [0.2, 0.25) is 0 Å². The Labute approximate surface area is 212 Å². The third-order valence-electron chi connectivity index (χ3n) is 4.64. The molecule has 2 amide bonds. The number of amides is 2. The number of ether oxygens (including phenoxy) is 3. The lowest BCUT2D eigenvalue weighted by Gasteiger charge is -2.12. The van der Waals surface area contributed by atoms with Crippen molar-refractivity contribution in [2.24, 2.45) is 0 Å². The maximum atomic E-state index is 12.5. The first kappa shape index (κ1) is 26.2. The number of carbonyl (C=O) groups is 2. The van der Waals surface area contributed by atoms with Crippen LogP contribution in [0.1, 0.15) is 24.4 Å². The number of hydrogen-bond donors (Lipinski definition) is 2. The van der Waals surface area contributed by atoms with Crippen molar-refractivity contribution in [3.63, 3.8) is 0 Å². The lowest BCUT2D eigenvalue weighted by atomic mass is 10.1. The van der Waals surface area contributed by atoms with Gasteiger partial charge in [0.05, 0.1) is 7.11 Å². The molecule has 0 unspecified atom stereocenters. The molecule has 2 N–H and O–H groups in total. The molecule has 10 nitrogen and oxygen atoms in total. The summed E-state index contributed by atoms with van der Waals surface area (Å²) in [6.45, 7) is 3.93. The average molecular weight is 508 g/mol. The van der Waals surface area contributed by atoms with Gasteiger partial charge in [-0.3, -0.25) is 14.9 Å². The normalized spacial score (nSPS) is 10.8.